The van der Waals surface area contributed by atoms with Crippen LogP contribution in [0.2, 0.25) is 0 Å². The summed E-state index contributed by atoms with van der Waals surface area (Å²) in [7, 11) is 1.86. The molecule has 1 unspecified atom stereocenters. The highest BCUT2D eigenvalue weighted by atomic mass is 79.9. The summed E-state index contributed by atoms with van der Waals surface area (Å²) in [6.07, 6.45) is 3.38. The summed E-state index contributed by atoms with van der Waals surface area (Å²) in [5.41, 5.74) is 0.869. The van der Waals surface area contributed by atoms with Crippen LogP contribution in [0.5, 0.6) is 0 Å². The lowest BCUT2D eigenvalue weighted by Crippen LogP contribution is -2.17. The van der Waals surface area contributed by atoms with E-state index < -0.39 is 0 Å². The van der Waals surface area contributed by atoms with Crippen molar-refractivity contribution in [2.45, 2.75) is 6.04 Å². The molecule has 0 saturated carbocycles. The predicted octanol–water partition coefficient (Wildman–Crippen LogP) is 2.20. The van der Waals surface area contributed by atoms with Gasteiger partial charge in [0.05, 0.1) is 34.4 Å². The van der Waals surface area contributed by atoms with E-state index in [0.29, 0.717) is 0 Å². The van der Waals surface area contributed by atoms with E-state index in [9.17, 15) is 0 Å². The van der Waals surface area contributed by atoms with Gasteiger partial charge < -0.3 is 9.73 Å². The highest BCUT2D eigenvalue weighted by Crippen LogP contribution is 2.28. The SMILES string of the molecule is CNC(c1cnsn1)c1occc1Br. The van der Waals surface area contributed by atoms with Crippen LogP contribution in [0.4, 0.5) is 0 Å². The van der Waals surface area contributed by atoms with Gasteiger partial charge in [-0.05, 0) is 29.0 Å². The predicted molar refractivity (Wildman–Crippen MR) is 57.2 cm³/mol. The maximum atomic E-state index is 5.37. The molecule has 0 radical (unpaired) electrons. The van der Waals surface area contributed by atoms with E-state index in [-0.39, 0.29) is 6.04 Å². The second kappa shape index (κ2) is 4.20. The van der Waals surface area contributed by atoms with Crippen molar-refractivity contribution in [3.8, 4) is 0 Å². The van der Waals surface area contributed by atoms with Crippen molar-refractivity contribution in [2.75, 3.05) is 7.05 Å². The van der Waals surface area contributed by atoms with Crippen molar-refractivity contribution >= 4 is 27.7 Å². The summed E-state index contributed by atoms with van der Waals surface area (Å²) in [4.78, 5) is 0. The molecule has 1 N–H and O–H groups in total. The van der Waals surface area contributed by atoms with Crippen molar-refractivity contribution in [3.05, 3.63) is 34.5 Å². The van der Waals surface area contributed by atoms with Gasteiger partial charge in [0.2, 0.25) is 0 Å². The fourth-order valence-electron chi connectivity index (χ4n) is 1.22. The third-order valence-electron chi connectivity index (χ3n) is 1.87. The fourth-order valence-corrected chi connectivity index (χ4v) is 2.10. The van der Waals surface area contributed by atoms with Crippen LogP contribution < -0.4 is 5.32 Å². The Morgan fingerprint density at radius 2 is 2.50 bits per heavy atom. The van der Waals surface area contributed by atoms with Gasteiger partial charge in [0.15, 0.2) is 0 Å². The third kappa shape index (κ3) is 1.73. The molecule has 14 heavy (non-hydrogen) atoms. The van der Waals surface area contributed by atoms with E-state index in [0.717, 1.165) is 15.9 Å². The zero-order valence-corrected chi connectivity index (χ0v) is 9.80. The number of nitrogens with zero attached hydrogens (tertiary/aromatic N) is 2. The molecule has 2 aromatic heterocycles. The largest absolute Gasteiger partial charge is 0.466 e. The number of halogens is 1. The molecule has 0 amide bonds. The number of nitrogens with one attached hydrogen (secondary N) is 1. The Labute approximate surface area is 93.8 Å². The first-order valence-corrected chi connectivity index (χ1v) is 5.53. The van der Waals surface area contributed by atoms with Crippen LogP contribution in [0.25, 0.3) is 0 Å². The second-order valence-electron chi connectivity index (χ2n) is 2.69. The summed E-state index contributed by atoms with van der Waals surface area (Å²) in [6, 6.07) is 1.82. The molecule has 0 aliphatic rings. The average Bonchev–Trinajstić information content (AvgIpc) is 2.80. The lowest BCUT2D eigenvalue weighted by Gasteiger charge is -2.10. The number of rotatable bonds is 3. The molecular formula is C8H8BrN3OS. The van der Waals surface area contributed by atoms with Crippen LogP contribution in [-0.4, -0.2) is 15.8 Å². The summed E-state index contributed by atoms with van der Waals surface area (Å²) in [5.74, 6) is 0.820. The molecule has 2 rings (SSSR count). The lowest BCUT2D eigenvalue weighted by atomic mass is 10.2. The van der Waals surface area contributed by atoms with Crippen LogP contribution in [-0.2, 0) is 0 Å². The molecule has 0 aromatic carbocycles. The standard InChI is InChI=1S/C8H8BrN3OS/c1-10-7(6-4-11-14-12-6)8-5(9)2-3-13-8/h2-4,7,10H,1H3. The minimum Gasteiger partial charge on any atom is -0.466 e. The van der Waals surface area contributed by atoms with Crippen molar-refractivity contribution in [1.82, 2.24) is 14.1 Å². The Morgan fingerprint density at radius 1 is 1.64 bits per heavy atom. The first-order valence-electron chi connectivity index (χ1n) is 4.00. The molecule has 0 fully saturated rings. The van der Waals surface area contributed by atoms with Crippen LogP contribution in [0.1, 0.15) is 17.5 Å². The summed E-state index contributed by atoms with van der Waals surface area (Å²) in [6.45, 7) is 0. The first kappa shape index (κ1) is 9.82. The van der Waals surface area contributed by atoms with E-state index in [1.807, 2.05) is 13.1 Å². The molecule has 0 aliphatic heterocycles. The van der Waals surface area contributed by atoms with Gasteiger partial charge in [-0.1, -0.05) is 0 Å². The Kier molecular flexibility index (Phi) is 2.95. The van der Waals surface area contributed by atoms with Crippen LogP contribution in [0, 0.1) is 0 Å². The molecule has 74 valence electrons. The maximum absolute atomic E-state index is 5.37. The Bertz CT molecular complexity index is 400. The van der Waals surface area contributed by atoms with Crippen molar-refractivity contribution in [3.63, 3.8) is 0 Å². The average molecular weight is 274 g/mol. The van der Waals surface area contributed by atoms with Crippen molar-refractivity contribution in [1.29, 1.82) is 0 Å². The molecule has 2 aromatic rings. The zero-order valence-electron chi connectivity index (χ0n) is 7.40. The van der Waals surface area contributed by atoms with Gasteiger partial charge in [-0.25, -0.2) is 0 Å². The fraction of sp³-hybridized carbons (Fsp3) is 0.250. The van der Waals surface area contributed by atoms with Gasteiger partial charge >= 0.3 is 0 Å². The zero-order chi connectivity index (χ0) is 9.97. The molecular weight excluding hydrogens is 266 g/mol. The maximum Gasteiger partial charge on any atom is 0.141 e. The van der Waals surface area contributed by atoms with Crippen molar-refractivity contribution < 1.29 is 4.42 Å². The minimum atomic E-state index is -0.0434. The highest BCUT2D eigenvalue weighted by molar-refractivity contribution is 9.10. The summed E-state index contributed by atoms with van der Waals surface area (Å²) in [5, 5.41) is 3.13. The van der Waals surface area contributed by atoms with Gasteiger partial charge in [0.1, 0.15) is 11.8 Å². The quantitative estimate of drug-likeness (QED) is 0.932. The van der Waals surface area contributed by atoms with Gasteiger partial charge in [-0.3, -0.25) is 0 Å². The lowest BCUT2D eigenvalue weighted by molar-refractivity contribution is 0.457. The smallest absolute Gasteiger partial charge is 0.141 e. The molecule has 4 nitrogen and oxygen atoms in total. The number of hydrogen-bond donors (Lipinski definition) is 1. The molecule has 0 saturated heterocycles. The monoisotopic (exact) mass is 273 g/mol. The van der Waals surface area contributed by atoms with E-state index in [1.54, 1.807) is 12.5 Å². The van der Waals surface area contributed by atoms with E-state index in [4.69, 9.17) is 4.42 Å². The number of hydrogen-bond acceptors (Lipinski definition) is 5. The summed E-state index contributed by atoms with van der Waals surface area (Å²) < 4.78 is 14.4. The second-order valence-corrected chi connectivity index (χ2v) is 4.10. The van der Waals surface area contributed by atoms with Crippen LogP contribution in [0.15, 0.2) is 27.4 Å². The third-order valence-corrected chi connectivity index (χ3v) is 3.02. The van der Waals surface area contributed by atoms with Gasteiger partial charge in [-0.15, -0.1) is 0 Å². The Morgan fingerprint density at radius 3 is 3.00 bits per heavy atom. The highest BCUT2D eigenvalue weighted by Gasteiger charge is 2.20. The summed E-state index contributed by atoms with van der Waals surface area (Å²) >= 11 is 4.60. The molecule has 6 heteroatoms. The normalized spacial score (nSPS) is 13.0. The molecule has 0 bridgehead atoms. The Balaban J connectivity index is 2.36. The van der Waals surface area contributed by atoms with E-state index in [2.05, 4.69) is 30.0 Å². The number of aromatic nitrogens is 2. The van der Waals surface area contributed by atoms with Gasteiger partial charge in [-0.2, -0.15) is 8.75 Å². The van der Waals surface area contributed by atoms with Gasteiger partial charge in [0, 0.05) is 0 Å². The van der Waals surface area contributed by atoms with Crippen LogP contribution >= 0.6 is 27.7 Å². The minimum absolute atomic E-state index is 0.0434. The van der Waals surface area contributed by atoms with E-state index in [1.165, 1.54) is 11.7 Å². The van der Waals surface area contributed by atoms with Gasteiger partial charge in [0.25, 0.3) is 0 Å². The van der Waals surface area contributed by atoms with E-state index >= 15 is 0 Å². The Hall–Kier alpha value is -0.720. The van der Waals surface area contributed by atoms with Crippen LogP contribution in [0.3, 0.4) is 0 Å². The van der Waals surface area contributed by atoms with Crippen molar-refractivity contribution in [2.24, 2.45) is 0 Å². The molecule has 1 atom stereocenters. The number of furan rings is 1. The topological polar surface area (TPSA) is 51.0 Å². The molecule has 0 spiro atoms. The first-order chi connectivity index (χ1) is 6.83. The molecule has 2 heterocycles. The molecule has 0 aliphatic carbocycles.